The second-order valence-corrected chi connectivity index (χ2v) is 9.26. The number of benzene rings is 1. The number of likely N-dealkylation sites (N-methyl/N-ethyl adjacent to an activating group) is 1. The predicted molar refractivity (Wildman–Crippen MR) is 118 cm³/mol. The van der Waals surface area contributed by atoms with E-state index in [1.807, 2.05) is 37.9 Å². The largest absolute Gasteiger partial charge is 0.493 e. The first kappa shape index (κ1) is 21.7. The number of hydrogen-bond acceptors (Lipinski definition) is 7. The maximum atomic E-state index is 13.1. The van der Waals surface area contributed by atoms with Crippen LogP contribution in [0, 0.1) is 0 Å². The van der Waals surface area contributed by atoms with Gasteiger partial charge in [0.15, 0.2) is 0 Å². The zero-order valence-corrected chi connectivity index (χ0v) is 19.1. The monoisotopic (exact) mass is 443 g/mol. The average Bonchev–Trinajstić information content (AvgIpc) is 3.27. The third-order valence-electron chi connectivity index (χ3n) is 5.93. The molecule has 1 aromatic carbocycles. The molecule has 2 aliphatic rings. The van der Waals surface area contributed by atoms with Crippen LogP contribution in [0.3, 0.4) is 0 Å². The third kappa shape index (κ3) is 4.72. The SMILES string of the molecule is CC(C)c1nnsc1C(=O)N1CCN(C)C(C(=O)NCc2ccc3c(c2)CCCO3)C1. The Balaban J connectivity index is 1.39. The van der Waals surface area contributed by atoms with E-state index in [9.17, 15) is 9.59 Å². The fraction of sp³-hybridized carbons (Fsp3) is 0.545. The molecule has 1 aromatic heterocycles. The second kappa shape index (κ2) is 9.32. The van der Waals surface area contributed by atoms with Gasteiger partial charge in [-0.1, -0.05) is 30.5 Å². The number of ether oxygens (including phenoxy) is 1. The zero-order chi connectivity index (χ0) is 22.0. The van der Waals surface area contributed by atoms with Gasteiger partial charge < -0.3 is 15.0 Å². The topological polar surface area (TPSA) is 87.7 Å². The Bertz CT molecular complexity index is 960. The van der Waals surface area contributed by atoms with Gasteiger partial charge in [-0.25, -0.2) is 0 Å². The van der Waals surface area contributed by atoms with E-state index in [2.05, 4.69) is 21.0 Å². The molecule has 0 aliphatic carbocycles. The summed E-state index contributed by atoms with van der Waals surface area (Å²) in [4.78, 5) is 30.4. The molecule has 1 saturated heterocycles. The molecule has 31 heavy (non-hydrogen) atoms. The molecule has 1 atom stereocenters. The van der Waals surface area contributed by atoms with Gasteiger partial charge in [-0.2, -0.15) is 0 Å². The third-order valence-corrected chi connectivity index (χ3v) is 6.66. The fourth-order valence-corrected chi connectivity index (χ4v) is 4.83. The smallest absolute Gasteiger partial charge is 0.267 e. The number of fused-ring (bicyclic) bond motifs is 1. The maximum absolute atomic E-state index is 13.1. The van der Waals surface area contributed by atoms with Crippen molar-refractivity contribution in [2.24, 2.45) is 0 Å². The van der Waals surface area contributed by atoms with Gasteiger partial charge in [0.25, 0.3) is 5.91 Å². The summed E-state index contributed by atoms with van der Waals surface area (Å²) in [6.45, 7) is 6.81. The van der Waals surface area contributed by atoms with Gasteiger partial charge >= 0.3 is 0 Å². The molecule has 0 bridgehead atoms. The Hall–Kier alpha value is -2.52. The molecule has 1 fully saturated rings. The minimum atomic E-state index is -0.387. The summed E-state index contributed by atoms with van der Waals surface area (Å²) in [5, 5.41) is 7.16. The highest BCUT2D eigenvalue weighted by Crippen LogP contribution is 2.26. The Morgan fingerprint density at radius 1 is 1.32 bits per heavy atom. The van der Waals surface area contributed by atoms with Crippen molar-refractivity contribution in [2.45, 2.75) is 45.2 Å². The lowest BCUT2D eigenvalue weighted by Gasteiger charge is -2.38. The van der Waals surface area contributed by atoms with Gasteiger partial charge in [-0.05, 0) is 54.5 Å². The van der Waals surface area contributed by atoms with E-state index in [1.165, 1.54) is 5.56 Å². The van der Waals surface area contributed by atoms with Crippen LogP contribution in [-0.4, -0.2) is 70.5 Å². The number of piperazine rings is 1. The predicted octanol–water partition coefficient (Wildman–Crippen LogP) is 2.06. The van der Waals surface area contributed by atoms with Crippen LogP contribution in [0.4, 0.5) is 0 Å². The number of rotatable bonds is 5. The Kier molecular flexibility index (Phi) is 6.52. The number of nitrogens with zero attached hydrogens (tertiary/aromatic N) is 4. The Morgan fingerprint density at radius 2 is 2.16 bits per heavy atom. The molecule has 8 nitrogen and oxygen atoms in total. The Morgan fingerprint density at radius 3 is 2.97 bits per heavy atom. The summed E-state index contributed by atoms with van der Waals surface area (Å²) < 4.78 is 9.63. The van der Waals surface area contributed by atoms with Crippen molar-refractivity contribution in [1.82, 2.24) is 24.7 Å². The minimum Gasteiger partial charge on any atom is -0.493 e. The van der Waals surface area contributed by atoms with Crippen molar-refractivity contribution < 1.29 is 14.3 Å². The summed E-state index contributed by atoms with van der Waals surface area (Å²) in [5.41, 5.74) is 2.98. The fourth-order valence-electron chi connectivity index (χ4n) is 4.04. The standard InChI is InChI=1S/C22H29N5O3S/c1-14(2)19-20(31-25-24-19)22(29)27-9-8-26(3)17(13-27)21(28)23-12-15-6-7-18-16(11-15)5-4-10-30-18/h6-7,11,14,17H,4-5,8-10,12-13H2,1-3H3,(H,23,28). The lowest BCUT2D eigenvalue weighted by Crippen LogP contribution is -2.58. The minimum absolute atomic E-state index is 0.0690. The van der Waals surface area contributed by atoms with Gasteiger partial charge in [-0.15, -0.1) is 5.10 Å². The molecule has 3 heterocycles. The molecule has 0 spiro atoms. The van der Waals surface area contributed by atoms with Gasteiger partial charge in [0.05, 0.1) is 12.3 Å². The average molecular weight is 444 g/mol. The molecule has 1 N–H and O–H groups in total. The molecule has 166 valence electrons. The van der Waals surface area contributed by atoms with Crippen molar-refractivity contribution in [3.63, 3.8) is 0 Å². The number of nitrogens with one attached hydrogen (secondary N) is 1. The van der Waals surface area contributed by atoms with E-state index in [1.54, 1.807) is 4.90 Å². The van der Waals surface area contributed by atoms with Gasteiger partial charge in [0.2, 0.25) is 5.91 Å². The maximum Gasteiger partial charge on any atom is 0.267 e. The van der Waals surface area contributed by atoms with Crippen molar-refractivity contribution in [3.8, 4) is 5.75 Å². The molecule has 2 aliphatic heterocycles. The van der Waals surface area contributed by atoms with E-state index in [-0.39, 0.29) is 23.8 Å². The normalized spacial score (nSPS) is 19.1. The molecule has 0 radical (unpaired) electrons. The highest BCUT2D eigenvalue weighted by Gasteiger charge is 2.34. The van der Waals surface area contributed by atoms with Crippen LogP contribution in [0.25, 0.3) is 0 Å². The molecule has 2 aromatic rings. The van der Waals surface area contributed by atoms with E-state index in [4.69, 9.17) is 4.74 Å². The van der Waals surface area contributed by atoms with Crippen LogP contribution in [0.15, 0.2) is 18.2 Å². The summed E-state index contributed by atoms with van der Waals surface area (Å²) in [7, 11) is 1.93. The molecule has 9 heteroatoms. The first-order valence-corrected chi connectivity index (χ1v) is 11.6. The van der Waals surface area contributed by atoms with E-state index >= 15 is 0 Å². The summed E-state index contributed by atoms with van der Waals surface area (Å²) in [6.07, 6.45) is 2.03. The van der Waals surface area contributed by atoms with Crippen LogP contribution < -0.4 is 10.1 Å². The van der Waals surface area contributed by atoms with Crippen molar-refractivity contribution in [1.29, 1.82) is 0 Å². The lowest BCUT2D eigenvalue weighted by molar-refractivity contribution is -0.127. The molecule has 2 amide bonds. The van der Waals surface area contributed by atoms with Gasteiger partial charge in [0.1, 0.15) is 16.7 Å². The molecule has 4 rings (SSSR count). The summed E-state index contributed by atoms with van der Waals surface area (Å²) >= 11 is 1.13. The first-order valence-electron chi connectivity index (χ1n) is 10.8. The molecule has 0 saturated carbocycles. The van der Waals surface area contributed by atoms with E-state index in [0.29, 0.717) is 31.1 Å². The second-order valence-electron chi connectivity index (χ2n) is 8.50. The number of carbonyl (C=O) groups is 2. The van der Waals surface area contributed by atoms with E-state index in [0.717, 1.165) is 48.0 Å². The molecular formula is C22H29N5O3S. The Labute approximate surface area is 186 Å². The van der Waals surface area contributed by atoms with Crippen LogP contribution >= 0.6 is 11.5 Å². The molecular weight excluding hydrogens is 414 g/mol. The molecule has 1 unspecified atom stereocenters. The number of aromatic nitrogens is 2. The van der Waals surface area contributed by atoms with Crippen LogP contribution in [0.2, 0.25) is 0 Å². The number of amides is 2. The summed E-state index contributed by atoms with van der Waals surface area (Å²) in [5.74, 6) is 0.923. The van der Waals surface area contributed by atoms with Crippen LogP contribution in [0.1, 0.15) is 52.7 Å². The zero-order valence-electron chi connectivity index (χ0n) is 18.3. The van der Waals surface area contributed by atoms with Crippen molar-refractivity contribution in [2.75, 3.05) is 33.3 Å². The van der Waals surface area contributed by atoms with Crippen molar-refractivity contribution >= 4 is 23.3 Å². The van der Waals surface area contributed by atoms with Crippen molar-refractivity contribution in [3.05, 3.63) is 39.9 Å². The highest BCUT2D eigenvalue weighted by molar-refractivity contribution is 7.08. The quantitative estimate of drug-likeness (QED) is 0.761. The number of aryl methyl sites for hydroxylation is 1. The number of carbonyl (C=O) groups excluding carboxylic acids is 2. The van der Waals surface area contributed by atoms with E-state index < -0.39 is 0 Å². The lowest BCUT2D eigenvalue weighted by atomic mass is 10.0. The highest BCUT2D eigenvalue weighted by atomic mass is 32.1. The van der Waals surface area contributed by atoms with Gasteiger partial charge in [-0.3, -0.25) is 14.5 Å². The summed E-state index contributed by atoms with van der Waals surface area (Å²) in [6, 6.07) is 5.70. The first-order chi connectivity index (χ1) is 14.9. The van der Waals surface area contributed by atoms with Crippen LogP contribution in [-0.2, 0) is 17.8 Å². The van der Waals surface area contributed by atoms with Gasteiger partial charge in [0, 0.05) is 26.2 Å². The number of hydrogen-bond donors (Lipinski definition) is 1. The van der Waals surface area contributed by atoms with Crippen LogP contribution in [0.5, 0.6) is 5.75 Å².